The molecular formula is C47H29NO. The lowest BCUT2D eigenvalue weighted by molar-refractivity contribution is 0.436. The van der Waals surface area contributed by atoms with Gasteiger partial charge in [0.25, 0.3) is 0 Å². The van der Waals surface area contributed by atoms with E-state index >= 15 is 0 Å². The highest BCUT2D eigenvalue weighted by Gasteiger charge is 2.51. The number of hydrogen-bond acceptors (Lipinski definition) is 1. The molecule has 0 saturated carbocycles. The third-order valence-electron chi connectivity index (χ3n) is 10.8. The second-order valence-corrected chi connectivity index (χ2v) is 13.2. The number of nitrogens with zero attached hydrogens (tertiary/aromatic N) is 1. The van der Waals surface area contributed by atoms with Crippen LogP contribution in [0, 0.1) is 0 Å². The number of fused-ring (bicyclic) bond motifs is 14. The highest BCUT2D eigenvalue weighted by molar-refractivity contribution is 6.25. The maximum Gasteiger partial charge on any atom is 0.132 e. The summed E-state index contributed by atoms with van der Waals surface area (Å²) in [6.45, 7) is 0. The molecule has 1 aliphatic carbocycles. The van der Waals surface area contributed by atoms with Gasteiger partial charge in [-0.1, -0.05) is 133 Å². The molecule has 1 spiro atoms. The van der Waals surface area contributed by atoms with Crippen molar-refractivity contribution in [1.29, 1.82) is 0 Å². The fourth-order valence-corrected chi connectivity index (χ4v) is 8.93. The second kappa shape index (κ2) is 9.82. The van der Waals surface area contributed by atoms with Gasteiger partial charge in [-0.3, -0.25) is 0 Å². The molecule has 11 rings (SSSR count). The molecule has 0 atom stereocenters. The molecule has 0 saturated heterocycles. The summed E-state index contributed by atoms with van der Waals surface area (Å²) in [5.41, 5.74) is 12.9. The first kappa shape index (κ1) is 26.7. The van der Waals surface area contributed by atoms with Crippen LogP contribution >= 0.6 is 0 Å². The second-order valence-electron chi connectivity index (χ2n) is 13.2. The average Bonchev–Trinajstić information content (AvgIpc) is 3.67. The fourth-order valence-electron chi connectivity index (χ4n) is 8.93. The van der Waals surface area contributed by atoms with Crippen LogP contribution in [-0.4, -0.2) is 4.57 Å². The van der Waals surface area contributed by atoms with Gasteiger partial charge >= 0.3 is 0 Å². The molecule has 2 aliphatic rings. The van der Waals surface area contributed by atoms with E-state index in [1.165, 1.54) is 77.1 Å². The van der Waals surface area contributed by atoms with E-state index in [0.29, 0.717) is 0 Å². The molecule has 8 aromatic carbocycles. The van der Waals surface area contributed by atoms with Gasteiger partial charge in [-0.2, -0.15) is 0 Å². The predicted molar refractivity (Wildman–Crippen MR) is 201 cm³/mol. The Morgan fingerprint density at radius 1 is 0.429 bits per heavy atom. The first-order chi connectivity index (χ1) is 24.3. The molecule has 0 N–H and O–H groups in total. The molecule has 9 aromatic rings. The van der Waals surface area contributed by atoms with E-state index < -0.39 is 5.41 Å². The topological polar surface area (TPSA) is 14.2 Å². The smallest absolute Gasteiger partial charge is 0.132 e. The maximum absolute atomic E-state index is 6.78. The summed E-state index contributed by atoms with van der Waals surface area (Å²) in [5.74, 6) is 1.81. The monoisotopic (exact) mass is 623 g/mol. The predicted octanol–water partition coefficient (Wildman–Crippen LogP) is 12.1. The number of aromatic nitrogens is 1. The first-order valence-electron chi connectivity index (χ1n) is 16.9. The van der Waals surface area contributed by atoms with Gasteiger partial charge in [-0.25, -0.2) is 0 Å². The third-order valence-corrected chi connectivity index (χ3v) is 10.8. The van der Waals surface area contributed by atoms with Gasteiger partial charge in [0, 0.05) is 33.2 Å². The molecule has 2 heteroatoms. The lowest BCUT2D eigenvalue weighted by Gasteiger charge is -2.39. The van der Waals surface area contributed by atoms with Crippen molar-refractivity contribution in [3.8, 4) is 39.4 Å². The standard InChI is InChI=1S/C47H29NO/c1-2-15-32(16-3-1)48-42-24-12-8-20-36(42)45-33-17-5-4-14-30(33)28-37(46(45)48)31-26-27-44-41(29-31)47(40-23-11-13-25-43(40)49-44)38-21-9-6-18-34(38)35-19-7-10-22-39(35)47/h1-29H. The van der Waals surface area contributed by atoms with Crippen molar-refractivity contribution in [2.75, 3.05) is 0 Å². The van der Waals surface area contributed by atoms with Crippen LogP contribution in [0.5, 0.6) is 11.5 Å². The largest absolute Gasteiger partial charge is 0.457 e. The quantitative estimate of drug-likeness (QED) is 0.187. The van der Waals surface area contributed by atoms with Gasteiger partial charge in [0.05, 0.1) is 16.4 Å². The molecule has 0 unspecified atom stereocenters. The summed E-state index contributed by atoms with van der Waals surface area (Å²) in [4.78, 5) is 0. The van der Waals surface area contributed by atoms with Crippen molar-refractivity contribution >= 4 is 32.6 Å². The minimum Gasteiger partial charge on any atom is -0.457 e. The lowest BCUT2D eigenvalue weighted by atomic mass is 9.65. The SMILES string of the molecule is c1ccc(-n2c3ccccc3c3c4ccccc4cc(-c4ccc5c(c4)C4(c6ccccc6O5)c5ccccc5-c5ccccc54)c32)cc1. The number of para-hydroxylation sites is 3. The molecule has 0 fully saturated rings. The van der Waals surface area contributed by atoms with Crippen LogP contribution in [-0.2, 0) is 5.41 Å². The van der Waals surface area contributed by atoms with E-state index in [-0.39, 0.29) is 0 Å². The third kappa shape index (κ3) is 3.45. The molecule has 49 heavy (non-hydrogen) atoms. The summed E-state index contributed by atoms with van der Waals surface area (Å²) in [6.07, 6.45) is 0. The van der Waals surface area contributed by atoms with Crippen LogP contribution in [0.4, 0.5) is 0 Å². The van der Waals surface area contributed by atoms with Crippen molar-refractivity contribution in [2.45, 2.75) is 5.41 Å². The van der Waals surface area contributed by atoms with Gasteiger partial charge < -0.3 is 9.30 Å². The summed E-state index contributed by atoms with van der Waals surface area (Å²) in [7, 11) is 0. The Hall–Kier alpha value is -6.38. The van der Waals surface area contributed by atoms with Crippen molar-refractivity contribution < 1.29 is 4.74 Å². The Bertz CT molecular complexity index is 2760. The van der Waals surface area contributed by atoms with Gasteiger partial charge in [-0.15, -0.1) is 0 Å². The molecule has 1 aromatic heterocycles. The Kier molecular flexibility index (Phi) is 5.34. The van der Waals surface area contributed by atoms with Crippen LogP contribution < -0.4 is 4.74 Å². The normalized spacial score (nSPS) is 13.6. The Morgan fingerprint density at radius 2 is 1.04 bits per heavy atom. The van der Waals surface area contributed by atoms with Crippen molar-refractivity contribution in [3.63, 3.8) is 0 Å². The zero-order valence-corrected chi connectivity index (χ0v) is 26.6. The molecule has 0 bridgehead atoms. The molecule has 2 heterocycles. The van der Waals surface area contributed by atoms with Gasteiger partial charge in [0.15, 0.2) is 0 Å². The molecule has 0 amide bonds. The Morgan fingerprint density at radius 3 is 1.84 bits per heavy atom. The van der Waals surface area contributed by atoms with Crippen LogP contribution in [0.15, 0.2) is 176 Å². The molecule has 2 nitrogen and oxygen atoms in total. The summed E-state index contributed by atoms with van der Waals surface area (Å²) < 4.78 is 9.23. The van der Waals surface area contributed by atoms with E-state index in [0.717, 1.165) is 17.2 Å². The van der Waals surface area contributed by atoms with E-state index in [1.54, 1.807) is 0 Å². The van der Waals surface area contributed by atoms with Crippen LogP contribution in [0.1, 0.15) is 22.3 Å². The summed E-state index contributed by atoms with van der Waals surface area (Å²) in [6, 6.07) is 64.1. The number of rotatable bonds is 2. The number of benzene rings is 8. The zero-order chi connectivity index (χ0) is 32.1. The maximum atomic E-state index is 6.78. The van der Waals surface area contributed by atoms with E-state index in [9.17, 15) is 0 Å². The van der Waals surface area contributed by atoms with Crippen LogP contribution in [0.2, 0.25) is 0 Å². The summed E-state index contributed by atoms with van der Waals surface area (Å²) in [5, 5.41) is 5.02. The van der Waals surface area contributed by atoms with Gasteiger partial charge in [0.2, 0.25) is 0 Å². The molecule has 0 radical (unpaired) electrons. The summed E-state index contributed by atoms with van der Waals surface area (Å²) >= 11 is 0. The minimum atomic E-state index is -0.518. The zero-order valence-electron chi connectivity index (χ0n) is 26.6. The van der Waals surface area contributed by atoms with Crippen LogP contribution in [0.3, 0.4) is 0 Å². The van der Waals surface area contributed by atoms with Crippen molar-refractivity contribution in [3.05, 3.63) is 198 Å². The highest BCUT2D eigenvalue weighted by atomic mass is 16.5. The average molecular weight is 624 g/mol. The van der Waals surface area contributed by atoms with E-state index in [1.807, 2.05) is 0 Å². The van der Waals surface area contributed by atoms with E-state index in [2.05, 4.69) is 180 Å². The van der Waals surface area contributed by atoms with E-state index in [4.69, 9.17) is 4.74 Å². The molecule has 228 valence electrons. The highest BCUT2D eigenvalue weighted by Crippen LogP contribution is 2.62. The first-order valence-corrected chi connectivity index (χ1v) is 16.9. The van der Waals surface area contributed by atoms with Gasteiger partial charge in [0.1, 0.15) is 11.5 Å². The minimum absolute atomic E-state index is 0.518. The lowest BCUT2D eigenvalue weighted by Crippen LogP contribution is -2.32. The fraction of sp³-hybridized carbons (Fsp3) is 0.0213. The van der Waals surface area contributed by atoms with Crippen molar-refractivity contribution in [2.24, 2.45) is 0 Å². The number of ether oxygens (including phenoxy) is 1. The Labute approximate surface area is 284 Å². The van der Waals surface area contributed by atoms with Crippen molar-refractivity contribution in [1.82, 2.24) is 4.57 Å². The molecule has 1 aliphatic heterocycles. The van der Waals surface area contributed by atoms with Crippen LogP contribution in [0.25, 0.3) is 60.5 Å². The Balaban J connectivity index is 1.29. The van der Waals surface area contributed by atoms with Gasteiger partial charge in [-0.05, 0) is 81.1 Å². The number of hydrogen-bond donors (Lipinski definition) is 0. The molecular weight excluding hydrogens is 595 g/mol.